The minimum absolute atomic E-state index is 0. The Morgan fingerprint density at radius 1 is 1.44 bits per heavy atom. The number of carbonyl (C=O) groups is 1. The first-order valence-electron chi connectivity index (χ1n) is 5.63. The van der Waals surface area contributed by atoms with Gasteiger partial charge in [-0.2, -0.15) is 0 Å². The van der Waals surface area contributed by atoms with E-state index in [9.17, 15) is 4.79 Å². The summed E-state index contributed by atoms with van der Waals surface area (Å²) in [5.74, 6) is 2.24. The second-order valence-corrected chi connectivity index (χ2v) is 3.65. The largest absolute Gasteiger partial charge is 0.462 e. The van der Waals surface area contributed by atoms with Crippen molar-refractivity contribution in [1.82, 2.24) is 5.32 Å². The Kier molecular flexibility index (Phi) is 7.86. The van der Waals surface area contributed by atoms with E-state index in [4.69, 9.17) is 11.2 Å². The summed E-state index contributed by atoms with van der Waals surface area (Å²) in [4.78, 5) is 11.4. The molecule has 0 spiro atoms. The molecule has 0 aliphatic rings. The predicted molar refractivity (Wildman–Crippen MR) is 74.9 cm³/mol. The Balaban J connectivity index is 0.00000289. The van der Waals surface area contributed by atoms with Crippen LogP contribution >= 0.6 is 12.4 Å². The van der Waals surface area contributed by atoms with E-state index in [-0.39, 0.29) is 24.4 Å². The average Bonchev–Trinajstić information content (AvgIpc) is 2.36. The monoisotopic (exact) mass is 267 g/mol. The van der Waals surface area contributed by atoms with E-state index in [1.807, 2.05) is 19.1 Å². The molecule has 1 N–H and O–H groups in total. The molecule has 0 bridgehead atoms. The molecule has 0 amide bonds. The molecule has 0 radical (unpaired) electrons. The first kappa shape index (κ1) is 16.5. The van der Waals surface area contributed by atoms with Crippen LogP contribution in [0.25, 0.3) is 0 Å². The fourth-order valence-corrected chi connectivity index (χ4v) is 1.45. The van der Waals surface area contributed by atoms with E-state index >= 15 is 0 Å². The molecular weight excluding hydrogens is 250 g/mol. The lowest BCUT2D eigenvalue weighted by molar-refractivity contribution is 0.0526. The van der Waals surface area contributed by atoms with Crippen molar-refractivity contribution in [3.05, 3.63) is 35.4 Å². The third kappa shape index (κ3) is 4.79. The number of rotatable bonds is 5. The lowest BCUT2D eigenvalue weighted by Gasteiger charge is -2.12. The van der Waals surface area contributed by atoms with Gasteiger partial charge in [-0.3, -0.25) is 5.32 Å². The minimum atomic E-state index is -0.289. The summed E-state index contributed by atoms with van der Waals surface area (Å²) in [6, 6.07) is 7.51. The molecule has 0 saturated carbocycles. The summed E-state index contributed by atoms with van der Waals surface area (Å²) in [6.07, 6.45) is 5.18. The van der Waals surface area contributed by atoms with Crippen LogP contribution in [0, 0.1) is 12.3 Å². The number of nitrogens with one attached hydrogen (secondary N) is 1. The molecule has 1 aromatic rings. The second kappa shape index (κ2) is 8.57. The fraction of sp³-hybridized carbons (Fsp3) is 0.357. The third-order valence-corrected chi connectivity index (χ3v) is 2.43. The molecule has 1 aromatic carbocycles. The number of hydrogen-bond donors (Lipinski definition) is 1. The molecule has 1 atom stereocenters. The Labute approximate surface area is 114 Å². The molecule has 0 saturated heterocycles. The summed E-state index contributed by atoms with van der Waals surface area (Å²) < 4.78 is 4.91. The van der Waals surface area contributed by atoms with Crippen LogP contribution in [0.4, 0.5) is 0 Å². The SMILES string of the molecule is C#CCNC(C)c1ccc(C(=O)OCC)cc1.Cl. The Bertz CT molecular complexity index is 409. The number of benzene rings is 1. The molecular formula is C14H18ClNO2. The quantitative estimate of drug-likeness (QED) is 0.658. The number of ether oxygens (including phenoxy) is 1. The normalized spacial score (nSPS) is 10.9. The first-order chi connectivity index (χ1) is 8.19. The van der Waals surface area contributed by atoms with Gasteiger partial charge in [0.05, 0.1) is 18.7 Å². The van der Waals surface area contributed by atoms with Crippen LogP contribution < -0.4 is 5.32 Å². The summed E-state index contributed by atoms with van der Waals surface area (Å²) in [5, 5.41) is 3.17. The zero-order valence-corrected chi connectivity index (χ0v) is 11.4. The van der Waals surface area contributed by atoms with Crippen molar-refractivity contribution in [1.29, 1.82) is 0 Å². The molecule has 0 aromatic heterocycles. The molecule has 98 valence electrons. The van der Waals surface area contributed by atoms with Crippen LogP contribution in [0.1, 0.15) is 35.8 Å². The molecule has 0 aliphatic carbocycles. The highest BCUT2D eigenvalue weighted by Crippen LogP contribution is 2.13. The van der Waals surface area contributed by atoms with Gasteiger partial charge in [0.1, 0.15) is 0 Å². The molecule has 0 fully saturated rings. The number of halogens is 1. The second-order valence-electron chi connectivity index (χ2n) is 3.65. The Morgan fingerprint density at radius 2 is 2.06 bits per heavy atom. The summed E-state index contributed by atoms with van der Waals surface area (Å²) in [7, 11) is 0. The van der Waals surface area contributed by atoms with Gasteiger partial charge in [0.15, 0.2) is 0 Å². The van der Waals surface area contributed by atoms with Crippen LogP contribution in [0.3, 0.4) is 0 Å². The summed E-state index contributed by atoms with van der Waals surface area (Å²) >= 11 is 0. The van der Waals surface area contributed by atoms with E-state index in [0.29, 0.717) is 18.7 Å². The molecule has 18 heavy (non-hydrogen) atoms. The van der Waals surface area contributed by atoms with Gasteiger partial charge < -0.3 is 4.74 Å². The van der Waals surface area contributed by atoms with Gasteiger partial charge in [0, 0.05) is 6.04 Å². The highest BCUT2D eigenvalue weighted by atomic mass is 35.5. The van der Waals surface area contributed by atoms with E-state index in [1.54, 1.807) is 19.1 Å². The smallest absolute Gasteiger partial charge is 0.338 e. The summed E-state index contributed by atoms with van der Waals surface area (Å²) in [5.41, 5.74) is 1.66. The van der Waals surface area contributed by atoms with Crippen molar-refractivity contribution in [2.45, 2.75) is 19.9 Å². The zero-order chi connectivity index (χ0) is 12.7. The molecule has 3 nitrogen and oxygen atoms in total. The van der Waals surface area contributed by atoms with E-state index in [2.05, 4.69) is 11.2 Å². The van der Waals surface area contributed by atoms with Gasteiger partial charge in [-0.15, -0.1) is 18.8 Å². The average molecular weight is 268 g/mol. The van der Waals surface area contributed by atoms with Gasteiger partial charge in [-0.05, 0) is 31.5 Å². The van der Waals surface area contributed by atoms with Gasteiger partial charge >= 0.3 is 5.97 Å². The maximum atomic E-state index is 11.4. The molecule has 0 heterocycles. The van der Waals surface area contributed by atoms with Crippen LogP contribution in [0.5, 0.6) is 0 Å². The highest BCUT2D eigenvalue weighted by molar-refractivity contribution is 5.89. The van der Waals surface area contributed by atoms with Crippen molar-refractivity contribution in [2.75, 3.05) is 13.2 Å². The van der Waals surface area contributed by atoms with Gasteiger partial charge in [-0.25, -0.2) is 4.79 Å². The highest BCUT2D eigenvalue weighted by Gasteiger charge is 2.08. The van der Waals surface area contributed by atoms with Crippen molar-refractivity contribution in [3.63, 3.8) is 0 Å². The lowest BCUT2D eigenvalue weighted by Crippen LogP contribution is -2.18. The van der Waals surface area contributed by atoms with Crippen LogP contribution in [0.15, 0.2) is 24.3 Å². The van der Waals surface area contributed by atoms with Crippen molar-refractivity contribution < 1.29 is 9.53 Å². The van der Waals surface area contributed by atoms with Crippen molar-refractivity contribution >= 4 is 18.4 Å². The summed E-state index contributed by atoms with van der Waals surface area (Å²) in [6.45, 7) is 4.73. The topological polar surface area (TPSA) is 38.3 Å². The Morgan fingerprint density at radius 3 is 2.56 bits per heavy atom. The lowest BCUT2D eigenvalue weighted by atomic mass is 10.1. The van der Waals surface area contributed by atoms with Crippen LogP contribution in [-0.2, 0) is 4.74 Å². The number of hydrogen-bond acceptors (Lipinski definition) is 3. The van der Waals surface area contributed by atoms with Gasteiger partial charge in [0.25, 0.3) is 0 Å². The maximum Gasteiger partial charge on any atom is 0.338 e. The molecule has 1 unspecified atom stereocenters. The standard InChI is InChI=1S/C14H17NO2.ClH/c1-4-10-15-11(3)12-6-8-13(9-7-12)14(16)17-5-2;/h1,6-9,11,15H,5,10H2,2-3H3;1H. The van der Waals surface area contributed by atoms with E-state index < -0.39 is 0 Å². The van der Waals surface area contributed by atoms with Crippen LogP contribution in [0.2, 0.25) is 0 Å². The van der Waals surface area contributed by atoms with Gasteiger partial charge in [0.2, 0.25) is 0 Å². The minimum Gasteiger partial charge on any atom is -0.462 e. The first-order valence-corrected chi connectivity index (χ1v) is 5.63. The Hall–Kier alpha value is -1.50. The van der Waals surface area contributed by atoms with Gasteiger partial charge in [-0.1, -0.05) is 18.1 Å². The van der Waals surface area contributed by atoms with Crippen LogP contribution in [-0.4, -0.2) is 19.1 Å². The molecule has 1 rings (SSSR count). The number of terminal acetylenes is 1. The van der Waals surface area contributed by atoms with Crippen molar-refractivity contribution in [2.24, 2.45) is 0 Å². The zero-order valence-electron chi connectivity index (χ0n) is 10.6. The maximum absolute atomic E-state index is 11.4. The fourth-order valence-electron chi connectivity index (χ4n) is 1.45. The number of carbonyl (C=O) groups excluding carboxylic acids is 1. The molecule has 0 aliphatic heterocycles. The molecule has 4 heteroatoms. The third-order valence-electron chi connectivity index (χ3n) is 2.43. The van der Waals surface area contributed by atoms with E-state index in [1.165, 1.54) is 0 Å². The number of esters is 1. The predicted octanol–water partition coefficient (Wildman–Crippen LogP) is 2.57. The van der Waals surface area contributed by atoms with E-state index in [0.717, 1.165) is 5.56 Å². The van der Waals surface area contributed by atoms with Crippen molar-refractivity contribution in [3.8, 4) is 12.3 Å².